The smallest absolute Gasteiger partial charge is 0.0224 e. The van der Waals surface area contributed by atoms with Crippen LogP contribution in [0.15, 0.2) is 0 Å². The summed E-state index contributed by atoms with van der Waals surface area (Å²) in [6.45, 7) is 2.89. The van der Waals surface area contributed by atoms with E-state index >= 15 is 0 Å². The third-order valence-corrected chi connectivity index (χ3v) is 14.0. The lowest BCUT2D eigenvalue weighted by atomic mass is 9.68. The van der Waals surface area contributed by atoms with E-state index in [4.69, 9.17) is 0 Å². The zero-order chi connectivity index (χ0) is 12.5. The van der Waals surface area contributed by atoms with Crippen molar-refractivity contribution in [2.45, 2.75) is 6.92 Å². The Morgan fingerprint density at radius 1 is 0.333 bits per heavy atom. The summed E-state index contributed by atoms with van der Waals surface area (Å²) in [6, 6.07) is 0. The van der Waals surface area contributed by atoms with E-state index in [1.165, 1.54) is 112 Å². The van der Waals surface area contributed by atoms with Crippen molar-refractivity contribution in [3.05, 3.63) is 0 Å². The van der Waals surface area contributed by atoms with Gasteiger partial charge in [0.15, 0.2) is 0 Å². The summed E-state index contributed by atoms with van der Waals surface area (Å²) in [5, 5.41) is 0. The van der Waals surface area contributed by atoms with Crippen LogP contribution in [0.4, 0.5) is 0 Å². The minimum Gasteiger partial charge on any atom is -0.0588 e. The molecule has 0 aromatic heterocycles. The van der Waals surface area contributed by atoms with Gasteiger partial charge in [0, 0.05) is 0 Å². The van der Waals surface area contributed by atoms with Crippen molar-refractivity contribution >= 4 is 0 Å². The number of hydrogen-bond acceptors (Lipinski definition) is 0. The first kappa shape index (κ1) is 8.74. The van der Waals surface area contributed by atoms with E-state index in [1.54, 1.807) is 0 Å². The second-order valence-corrected chi connectivity index (χ2v) is 12.2. The monoisotopic (exact) mass is 274 g/mol. The van der Waals surface area contributed by atoms with Gasteiger partial charge in [-0.05, 0) is 118 Å². The minimum atomic E-state index is 0.901. The first-order valence-electron chi connectivity index (χ1n) is 10.4. The van der Waals surface area contributed by atoms with E-state index in [-0.39, 0.29) is 0 Å². The average Bonchev–Trinajstić information content (AvgIpc) is 3.10. The highest BCUT2D eigenvalue weighted by Gasteiger charge is 3.01. The standard InChI is InChI=1S/C21H22/c1-21-18-12-6-3-2-4-8(6)14(18)16-10(4)11-5(2)9-7(3)13(12)19(21)15(9)17(11)20(16)21/h2-20H,1H3/t2?,3?,4?,5?,6-,7-,8-,9+,10+,11+,12-,13+,14+,15+,16+,17-,18?,19?,20?,21?/m0/s1. The molecule has 0 aromatic carbocycles. The second-order valence-electron chi connectivity index (χ2n) is 12.2. The van der Waals surface area contributed by atoms with Crippen LogP contribution >= 0.6 is 0 Å². The molecule has 0 nitrogen and oxygen atoms in total. The Morgan fingerprint density at radius 2 is 0.524 bits per heavy atom. The Kier molecular flexibility index (Phi) is 0.757. The van der Waals surface area contributed by atoms with Gasteiger partial charge in [0.05, 0.1) is 0 Å². The fourth-order valence-electron chi connectivity index (χ4n) is 16.0. The van der Waals surface area contributed by atoms with Gasteiger partial charge in [-0.15, -0.1) is 0 Å². The van der Waals surface area contributed by atoms with E-state index in [0.29, 0.717) is 0 Å². The third-order valence-electron chi connectivity index (χ3n) is 14.0. The van der Waals surface area contributed by atoms with Crippen LogP contribution < -0.4 is 0 Å². The summed E-state index contributed by atoms with van der Waals surface area (Å²) >= 11 is 0. The highest BCUT2D eigenvalue weighted by atomic mass is 15.0. The molecule has 20 atom stereocenters. The fraction of sp³-hybridized carbons (Fsp3) is 1.00. The molecule has 0 saturated heterocycles. The van der Waals surface area contributed by atoms with Crippen LogP contribution in [0.2, 0.25) is 0 Å². The zero-order valence-corrected chi connectivity index (χ0v) is 12.5. The van der Waals surface area contributed by atoms with Crippen LogP contribution in [0.25, 0.3) is 0 Å². The van der Waals surface area contributed by atoms with E-state index in [0.717, 1.165) is 5.41 Å². The van der Waals surface area contributed by atoms with Crippen LogP contribution in [-0.2, 0) is 0 Å². The molecule has 12 fully saturated rings. The Morgan fingerprint density at radius 3 is 0.762 bits per heavy atom. The van der Waals surface area contributed by atoms with Crippen molar-refractivity contribution < 1.29 is 0 Å². The molecule has 0 amide bonds. The van der Waals surface area contributed by atoms with Crippen LogP contribution in [-0.4, -0.2) is 0 Å². The van der Waals surface area contributed by atoms with E-state index < -0.39 is 0 Å². The highest BCUT2D eigenvalue weighted by molar-refractivity contribution is 5.47. The van der Waals surface area contributed by atoms with Crippen LogP contribution in [0.1, 0.15) is 6.92 Å². The molecule has 0 aromatic rings. The van der Waals surface area contributed by atoms with Gasteiger partial charge in [-0.3, -0.25) is 0 Å². The Bertz CT molecular complexity index is 605. The molecule has 8 unspecified atom stereocenters. The molecular formula is C21H22. The van der Waals surface area contributed by atoms with Gasteiger partial charge in [0.2, 0.25) is 0 Å². The Balaban J connectivity index is 1.49. The quantitative estimate of drug-likeness (QED) is 0.637. The predicted octanol–water partition coefficient (Wildman–Crippen LogP) is 2.85. The van der Waals surface area contributed by atoms with Gasteiger partial charge >= 0.3 is 0 Å². The number of hydrogen-bond donors (Lipinski definition) is 0. The largest absolute Gasteiger partial charge is 0.0588 e. The van der Waals surface area contributed by atoms with Gasteiger partial charge in [-0.1, -0.05) is 6.92 Å². The van der Waals surface area contributed by atoms with Crippen molar-refractivity contribution in [2.75, 3.05) is 0 Å². The predicted molar refractivity (Wildman–Crippen MR) is 74.4 cm³/mol. The van der Waals surface area contributed by atoms with Gasteiger partial charge in [0.25, 0.3) is 0 Å². The second kappa shape index (κ2) is 1.82. The molecule has 12 saturated carbocycles. The molecule has 0 heteroatoms. The van der Waals surface area contributed by atoms with E-state index in [1.807, 2.05) is 0 Å². The van der Waals surface area contributed by atoms with Gasteiger partial charge < -0.3 is 0 Å². The van der Waals surface area contributed by atoms with Crippen molar-refractivity contribution in [1.29, 1.82) is 0 Å². The lowest BCUT2D eigenvalue weighted by Crippen LogP contribution is -2.33. The Labute approximate surface area is 125 Å². The van der Waals surface area contributed by atoms with Crippen molar-refractivity contribution in [3.63, 3.8) is 0 Å². The number of rotatable bonds is 0. The molecule has 0 bridgehead atoms. The molecule has 0 radical (unpaired) electrons. The van der Waals surface area contributed by atoms with Gasteiger partial charge in [-0.25, -0.2) is 0 Å². The first-order valence-corrected chi connectivity index (χ1v) is 10.4. The maximum Gasteiger partial charge on any atom is -0.0224 e. The Hall–Kier alpha value is 0. The van der Waals surface area contributed by atoms with Crippen LogP contribution in [0.3, 0.4) is 0 Å². The topological polar surface area (TPSA) is 0 Å². The molecule has 12 aliphatic carbocycles. The zero-order valence-electron chi connectivity index (χ0n) is 12.5. The van der Waals surface area contributed by atoms with Crippen molar-refractivity contribution in [2.24, 2.45) is 118 Å². The molecule has 12 rings (SSSR count). The van der Waals surface area contributed by atoms with E-state index in [9.17, 15) is 0 Å². The lowest BCUT2D eigenvalue weighted by Gasteiger charge is -2.36. The van der Waals surface area contributed by atoms with Gasteiger partial charge in [0.1, 0.15) is 0 Å². The maximum absolute atomic E-state index is 2.89. The molecule has 0 spiro atoms. The summed E-state index contributed by atoms with van der Waals surface area (Å²) in [4.78, 5) is 0. The molecule has 12 aliphatic rings. The molecule has 0 heterocycles. The van der Waals surface area contributed by atoms with E-state index in [2.05, 4.69) is 6.92 Å². The SMILES string of the molecule is CC12C3[C@@H]4[C@@H]5C6C7C8[C@@H]9[C@@H]6[C@@H]4C1[C@H]9[C@@H]1C2[C@H]2[C@@H](C7[C@@H]5[C@@H]32)[C@H]81. The molecule has 106 valence electrons. The molecule has 21 heavy (non-hydrogen) atoms. The average molecular weight is 274 g/mol. The van der Waals surface area contributed by atoms with Crippen molar-refractivity contribution in [3.8, 4) is 0 Å². The normalized spacial score (nSPS) is 107. The fourth-order valence-corrected chi connectivity index (χ4v) is 16.0. The highest BCUT2D eigenvalue weighted by Crippen LogP contribution is 3.04. The van der Waals surface area contributed by atoms with Gasteiger partial charge in [-0.2, -0.15) is 0 Å². The summed E-state index contributed by atoms with van der Waals surface area (Å²) in [5.41, 5.74) is 0.901. The van der Waals surface area contributed by atoms with Crippen LogP contribution in [0.5, 0.6) is 0 Å². The lowest BCUT2D eigenvalue weighted by molar-refractivity contribution is 0.104. The maximum atomic E-state index is 2.89. The molecular weight excluding hydrogens is 252 g/mol. The third kappa shape index (κ3) is 0.408. The summed E-state index contributed by atoms with van der Waals surface area (Å²) in [7, 11) is 0. The molecule has 0 N–H and O–H groups in total. The molecule has 0 aliphatic heterocycles. The van der Waals surface area contributed by atoms with Crippen LogP contribution in [0, 0.1) is 118 Å². The van der Waals surface area contributed by atoms with Crippen molar-refractivity contribution in [1.82, 2.24) is 0 Å². The summed E-state index contributed by atoms with van der Waals surface area (Å²) in [5.74, 6) is 24.8. The minimum absolute atomic E-state index is 0.901. The first-order chi connectivity index (χ1) is 10.4. The summed E-state index contributed by atoms with van der Waals surface area (Å²) in [6.07, 6.45) is 0. The summed E-state index contributed by atoms with van der Waals surface area (Å²) < 4.78 is 0.